The average molecular weight is 350 g/mol. The van der Waals surface area contributed by atoms with Gasteiger partial charge in [0.25, 0.3) is 0 Å². The summed E-state index contributed by atoms with van der Waals surface area (Å²) in [6, 6.07) is 12.9. The smallest absolute Gasteiger partial charge is 0.404 e. The molecular weight excluding hydrogens is 330 g/mol. The van der Waals surface area contributed by atoms with Crippen LogP contribution in [0.4, 0.5) is 4.79 Å². The van der Waals surface area contributed by atoms with Crippen molar-refractivity contribution in [3.8, 4) is 16.9 Å². The van der Waals surface area contributed by atoms with E-state index < -0.39 is 12.2 Å². The Balaban J connectivity index is 2.24. The maximum absolute atomic E-state index is 10.5. The van der Waals surface area contributed by atoms with Gasteiger partial charge >= 0.3 is 6.09 Å². The third-order valence-corrected chi connectivity index (χ3v) is 4.01. The topological polar surface area (TPSA) is 78.8 Å². The lowest BCUT2D eigenvalue weighted by Gasteiger charge is -2.17. The number of rotatable bonds is 7. The molecule has 0 aliphatic rings. The highest BCUT2D eigenvalue weighted by Crippen LogP contribution is 2.37. The predicted molar refractivity (Wildman–Crippen MR) is 93.7 cm³/mol. The van der Waals surface area contributed by atoms with Gasteiger partial charge in [-0.2, -0.15) is 0 Å². The summed E-state index contributed by atoms with van der Waals surface area (Å²) in [7, 11) is 1.59. The quantitative estimate of drug-likeness (QED) is 0.658. The molecule has 2 aromatic carbocycles. The van der Waals surface area contributed by atoms with Gasteiger partial charge in [0.1, 0.15) is 5.75 Å². The van der Waals surface area contributed by atoms with Crippen LogP contribution < -0.4 is 10.1 Å². The van der Waals surface area contributed by atoms with Crippen molar-refractivity contribution in [2.24, 2.45) is 0 Å². The molecule has 0 saturated carbocycles. The van der Waals surface area contributed by atoms with E-state index in [2.05, 4.69) is 5.32 Å². The second kappa shape index (κ2) is 8.57. The standard InChI is InChI=1S/C18H20ClNO4/c1-24-13-6-2-5-12(11-13)17-14(7-3-8-15(17)19)16(21)9-4-10-20-18(22)23/h2-3,5-8,11,16,20-21H,4,9-10H2,1H3,(H,22,23). The largest absolute Gasteiger partial charge is 0.497 e. The fraction of sp³-hybridized carbons (Fsp3) is 0.278. The number of nitrogens with one attached hydrogen (secondary N) is 1. The van der Waals surface area contributed by atoms with Gasteiger partial charge in [-0.05, 0) is 42.2 Å². The molecule has 1 unspecified atom stereocenters. The van der Waals surface area contributed by atoms with Crippen LogP contribution in [0, 0.1) is 0 Å². The van der Waals surface area contributed by atoms with E-state index in [-0.39, 0.29) is 0 Å². The molecule has 0 fully saturated rings. The SMILES string of the molecule is COc1cccc(-c2c(Cl)cccc2C(O)CCCNC(=O)O)c1. The van der Waals surface area contributed by atoms with Crippen LogP contribution in [-0.4, -0.2) is 30.0 Å². The summed E-state index contributed by atoms with van der Waals surface area (Å²) < 4.78 is 5.25. The Morgan fingerprint density at radius 1 is 1.29 bits per heavy atom. The number of ether oxygens (including phenoxy) is 1. The fourth-order valence-corrected chi connectivity index (χ4v) is 2.84. The van der Waals surface area contributed by atoms with Gasteiger partial charge in [0, 0.05) is 17.1 Å². The molecule has 0 aliphatic carbocycles. The number of aliphatic hydroxyl groups excluding tert-OH is 1. The number of carbonyl (C=O) groups is 1. The lowest BCUT2D eigenvalue weighted by molar-refractivity contribution is 0.163. The summed E-state index contributed by atoms with van der Waals surface area (Å²) in [4.78, 5) is 10.5. The molecule has 2 rings (SSSR count). The molecule has 0 aromatic heterocycles. The molecular formula is C18H20ClNO4. The summed E-state index contributed by atoms with van der Waals surface area (Å²) in [6.45, 7) is 0.293. The van der Waals surface area contributed by atoms with E-state index in [1.165, 1.54) is 0 Å². The third-order valence-electron chi connectivity index (χ3n) is 3.69. The molecule has 5 nitrogen and oxygen atoms in total. The molecule has 2 aromatic rings. The van der Waals surface area contributed by atoms with Crippen LogP contribution in [0.1, 0.15) is 24.5 Å². The van der Waals surface area contributed by atoms with Crippen LogP contribution in [0.25, 0.3) is 11.1 Å². The number of halogens is 1. The highest BCUT2D eigenvalue weighted by Gasteiger charge is 2.16. The number of benzene rings is 2. The maximum atomic E-state index is 10.5. The van der Waals surface area contributed by atoms with Crippen LogP contribution in [-0.2, 0) is 0 Å². The van der Waals surface area contributed by atoms with Crippen molar-refractivity contribution >= 4 is 17.7 Å². The summed E-state index contributed by atoms with van der Waals surface area (Å²) in [6.07, 6.45) is -0.848. The Kier molecular flexibility index (Phi) is 6.46. The van der Waals surface area contributed by atoms with Crippen LogP contribution >= 0.6 is 11.6 Å². The molecule has 128 valence electrons. The van der Waals surface area contributed by atoms with E-state index in [4.69, 9.17) is 21.4 Å². The maximum Gasteiger partial charge on any atom is 0.404 e. The number of amides is 1. The summed E-state index contributed by atoms with van der Waals surface area (Å²) in [5, 5.41) is 21.9. The number of hydrogen-bond donors (Lipinski definition) is 3. The van der Waals surface area contributed by atoms with Crippen LogP contribution in [0.3, 0.4) is 0 Å². The van der Waals surface area contributed by atoms with Gasteiger partial charge in [-0.15, -0.1) is 0 Å². The van der Waals surface area contributed by atoms with Crippen molar-refractivity contribution in [2.45, 2.75) is 18.9 Å². The van der Waals surface area contributed by atoms with Gasteiger partial charge < -0.3 is 20.3 Å². The lowest BCUT2D eigenvalue weighted by atomic mass is 9.94. The van der Waals surface area contributed by atoms with Crippen LogP contribution in [0.2, 0.25) is 5.02 Å². The predicted octanol–water partition coefficient (Wildman–Crippen LogP) is 4.10. The number of hydrogen-bond acceptors (Lipinski definition) is 3. The highest BCUT2D eigenvalue weighted by molar-refractivity contribution is 6.33. The molecule has 3 N–H and O–H groups in total. The zero-order valence-electron chi connectivity index (χ0n) is 13.3. The van der Waals surface area contributed by atoms with Crippen LogP contribution in [0.5, 0.6) is 5.75 Å². The number of methoxy groups -OCH3 is 1. The second-order valence-corrected chi connectivity index (χ2v) is 5.73. The molecule has 1 amide bonds. The molecule has 0 spiro atoms. The Morgan fingerprint density at radius 2 is 2.04 bits per heavy atom. The first-order valence-electron chi connectivity index (χ1n) is 7.60. The van der Waals surface area contributed by atoms with Gasteiger partial charge in [-0.25, -0.2) is 4.79 Å². The molecule has 0 saturated heterocycles. The Hall–Kier alpha value is -2.24. The van der Waals surface area contributed by atoms with Crippen molar-refractivity contribution in [3.05, 3.63) is 53.1 Å². The van der Waals surface area contributed by atoms with Gasteiger partial charge in [0.2, 0.25) is 0 Å². The first-order valence-corrected chi connectivity index (χ1v) is 7.98. The molecule has 0 heterocycles. The fourth-order valence-electron chi connectivity index (χ4n) is 2.55. The van der Waals surface area contributed by atoms with Gasteiger partial charge in [0.05, 0.1) is 13.2 Å². The monoisotopic (exact) mass is 349 g/mol. The van der Waals surface area contributed by atoms with Gasteiger partial charge in [-0.3, -0.25) is 0 Å². The minimum absolute atomic E-state index is 0.293. The van der Waals surface area contributed by atoms with E-state index in [0.29, 0.717) is 35.7 Å². The minimum Gasteiger partial charge on any atom is -0.497 e. The highest BCUT2D eigenvalue weighted by atomic mass is 35.5. The number of carboxylic acid groups (broad SMARTS) is 1. The lowest BCUT2D eigenvalue weighted by Crippen LogP contribution is -2.22. The molecule has 0 bridgehead atoms. The van der Waals surface area contributed by atoms with E-state index in [0.717, 1.165) is 11.1 Å². The Bertz CT molecular complexity index is 705. The average Bonchev–Trinajstić information content (AvgIpc) is 2.58. The molecule has 1 atom stereocenters. The minimum atomic E-state index is -1.07. The molecule has 0 radical (unpaired) electrons. The first kappa shape index (κ1) is 18.1. The van der Waals surface area contributed by atoms with E-state index in [1.807, 2.05) is 30.3 Å². The Labute approximate surface area is 145 Å². The molecule has 6 heteroatoms. The first-order chi connectivity index (χ1) is 11.5. The zero-order valence-corrected chi connectivity index (χ0v) is 14.1. The summed E-state index contributed by atoms with van der Waals surface area (Å²) >= 11 is 6.36. The third kappa shape index (κ3) is 4.63. The zero-order chi connectivity index (χ0) is 17.5. The Morgan fingerprint density at radius 3 is 2.75 bits per heavy atom. The van der Waals surface area contributed by atoms with Crippen molar-refractivity contribution in [1.82, 2.24) is 5.32 Å². The number of aliphatic hydroxyl groups is 1. The van der Waals surface area contributed by atoms with Crippen molar-refractivity contribution in [1.29, 1.82) is 0 Å². The van der Waals surface area contributed by atoms with Crippen molar-refractivity contribution in [3.63, 3.8) is 0 Å². The second-order valence-electron chi connectivity index (χ2n) is 5.33. The molecule has 24 heavy (non-hydrogen) atoms. The van der Waals surface area contributed by atoms with E-state index in [9.17, 15) is 9.90 Å². The summed E-state index contributed by atoms with van der Waals surface area (Å²) in [5.41, 5.74) is 2.33. The van der Waals surface area contributed by atoms with Crippen molar-refractivity contribution in [2.75, 3.05) is 13.7 Å². The summed E-state index contributed by atoms with van der Waals surface area (Å²) in [5.74, 6) is 0.707. The van der Waals surface area contributed by atoms with Crippen LogP contribution in [0.15, 0.2) is 42.5 Å². The van der Waals surface area contributed by atoms with Gasteiger partial charge in [0.15, 0.2) is 0 Å². The molecule has 0 aliphatic heterocycles. The van der Waals surface area contributed by atoms with Crippen molar-refractivity contribution < 1.29 is 19.7 Å². The van der Waals surface area contributed by atoms with Gasteiger partial charge in [-0.1, -0.05) is 35.9 Å². The van der Waals surface area contributed by atoms with E-state index in [1.54, 1.807) is 19.2 Å². The normalized spacial score (nSPS) is 11.8. The van der Waals surface area contributed by atoms with E-state index >= 15 is 0 Å².